The van der Waals surface area contributed by atoms with Crippen molar-refractivity contribution in [3.8, 4) is 22.3 Å². The number of hydrogen-bond acceptors (Lipinski definition) is 0. The van der Waals surface area contributed by atoms with Gasteiger partial charge in [0.05, 0.1) is 5.56 Å². The summed E-state index contributed by atoms with van der Waals surface area (Å²) in [4.78, 5) is 0. The normalized spacial score (nSPS) is 13.1. The second-order valence-corrected chi connectivity index (χ2v) is 7.98. The molecule has 0 aliphatic heterocycles. The Kier molecular flexibility index (Phi) is 5.77. The van der Waals surface area contributed by atoms with Gasteiger partial charge in [0.1, 0.15) is 28.8 Å². The monoisotopic (exact) mass is 452 g/mol. The predicted molar refractivity (Wildman–Crippen MR) is 108 cm³/mol. The highest BCUT2D eigenvalue weighted by Crippen LogP contribution is 2.42. The highest BCUT2D eigenvalue weighted by atomic mass is 19.4. The van der Waals surface area contributed by atoms with Crippen LogP contribution >= 0.6 is 0 Å². The molecule has 0 unspecified atom stereocenters. The summed E-state index contributed by atoms with van der Waals surface area (Å²) < 4.78 is 96.8. The van der Waals surface area contributed by atoms with E-state index in [1.54, 1.807) is 0 Å². The highest BCUT2D eigenvalue weighted by Gasteiger charge is 2.38. The molecule has 168 valence electrons. The third kappa shape index (κ3) is 3.89. The number of aryl methyl sites for hydroxylation is 2. The van der Waals surface area contributed by atoms with Gasteiger partial charge in [-0.25, -0.2) is 17.6 Å². The lowest BCUT2D eigenvalue weighted by molar-refractivity contribution is -0.142. The zero-order valence-electron chi connectivity index (χ0n) is 17.1. The van der Waals surface area contributed by atoms with Crippen LogP contribution < -0.4 is 0 Å². The first kappa shape index (κ1) is 22.4. The molecule has 0 nitrogen and oxygen atoms in total. The van der Waals surface area contributed by atoms with Gasteiger partial charge in [0, 0.05) is 0 Å². The first-order valence-corrected chi connectivity index (χ1v) is 10.3. The summed E-state index contributed by atoms with van der Waals surface area (Å²) in [5.41, 5.74) is -0.138. The van der Waals surface area contributed by atoms with E-state index in [0.717, 1.165) is 36.5 Å². The maximum absolute atomic E-state index is 15.3. The quantitative estimate of drug-likeness (QED) is 0.352. The second kappa shape index (κ2) is 8.26. The number of halogens is 7. The maximum atomic E-state index is 15.3. The van der Waals surface area contributed by atoms with Crippen molar-refractivity contribution in [2.45, 2.75) is 45.2 Å². The van der Waals surface area contributed by atoms with Crippen molar-refractivity contribution < 1.29 is 30.7 Å². The minimum absolute atomic E-state index is 0.177. The summed E-state index contributed by atoms with van der Waals surface area (Å²) in [7, 11) is 0. The molecular formula is C25H19F7. The standard InChI is InChI=1S/C25H19F7/c1-2-3-4-13-5-7-16-14(9-13)6-8-17-18(16)12-19(26)22(24(17)29)15-10-20(27)23(21(28)11-15)25(30,31)32/h5,7,9-12H,2-4,6,8H2,1H3. The molecule has 0 saturated heterocycles. The topological polar surface area (TPSA) is 0 Å². The Morgan fingerprint density at radius 1 is 0.812 bits per heavy atom. The van der Waals surface area contributed by atoms with Gasteiger partial charge in [0.15, 0.2) is 0 Å². The molecule has 4 rings (SSSR count). The van der Waals surface area contributed by atoms with Gasteiger partial charge < -0.3 is 0 Å². The van der Waals surface area contributed by atoms with Gasteiger partial charge in [-0.3, -0.25) is 0 Å². The van der Waals surface area contributed by atoms with Gasteiger partial charge in [0.25, 0.3) is 0 Å². The smallest absolute Gasteiger partial charge is 0.206 e. The Morgan fingerprint density at radius 3 is 2.12 bits per heavy atom. The van der Waals surface area contributed by atoms with Crippen molar-refractivity contribution in [3.63, 3.8) is 0 Å². The van der Waals surface area contributed by atoms with Crippen LogP contribution in [0.2, 0.25) is 0 Å². The minimum Gasteiger partial charge on any atom is -0.206 e. The molecule has 0 spiro atoms. The number of rotatable bonds is 4. The van der Waals surface area contributed by atoms with Crippen LogP contribution in [-0.4, -0.2) is 0 Å². The Bertz CT molecular complexity index is 1170. The van der Waals surface area contributed by atoms with E-state index in [2.05, 4.69) is 6.92 Å². The van der Waals surface area contributed by atoms with E-state index < -0.39 is 46.1 Å². The highest BCUT2D eigenvalue weighted by molar-refractivity contribution is 5.78. The fraction of sp³-hybridized carbons (Fsp3) is 0.280. The van der Waals surface area contributed by atoms with Crippen molar-refractivity contribution in [1.82, 2.24) is 0 Å². The zero-order chi connectivity index (χ0) is 23.2. The Labute approximate surface area is 180 Å². The lowest BCUT2D eigenvalue weighted by atomic mass is 9.82. The average molecular weight is 452 g/mol. The number of fused-ring (bicyclic) bond motifs is 3. The van der Waals surface area contributed by atoms with Gasteiger partial charge in [-0.05, 0) is 77.3 Å². The van der Waals surface area contributed by atoms with E-state index in [1.165, 1.54) is 0 Å². The van der Waals surface area contributed by atoms with Crippen molar-refractivity contribution in [3.05, 3.63) is 81.9 Å². The molecule has 0 N–H and O–H groups in total. The van der Waals surface area contributed by atoms with Gasteiger partial charge >= 0.3 is 6.18 Å². The molecule has 0 saturated carbocycles. The summed E-state index contributed by atoms with van der Waals surface area (Å²) >= 11 is 0. The summed E-state index contributed by atoms with van der Waals surface area (Å²) in [6, 6.07) is 7.47. The van der Waals surface area contributed by atoms with Gasteiger partial charge in [-0.15, -0.1) is 0 Å². The molecular weight excluding hydrogens is 433 g/mol. The molecule has 0 atom stereocenters. The fourth-order valence-electron chi connectivity index (χ4n) is 4.31. The Hall–Kier alpha value is -2.83. The molecule has 1 aliphatic carbocycles. The predicted octanol–water partition coefficient (Wildman–Crippen LogP) is 8.04. The molecule has 1 aliphatic rings. The molecule has 7 heteroatoms. The van der Waals surface area contributed by atoms with E-state index >= 15 is 4.39 Å². The molecule has 0 radical (unpaired) electrons. The number of unbranched alkanes of at least 4 members (excludes halogenated alkanes) is 1. The SMILES string of the molecule is CCCCc1ccc2c(c1)CCc1c-2cc(F)c(-c2cc(F)c(C(F)(F)F)c(F)c2)c1F. The van der Waals surface area contributed by atoms with Gasteiger partial charge in [-0.2, -0.15) is 13.2 Å². The van der Waals surface area contributed by atoms with Crippen molar-refractivity contribution >= 4 is 0 Å². The van der Waals surface area contributed by atoms with Crippen LogP contribution in [0.3, 0.4) is 0 Å². The first-order valence-electron chi connectivity index (χ1n) is 10.3. The van der Waals surface area contributed by atoms with Crippen LogP contribution in [0.4, 0.5) is 30.7 Å². The zero-order valence-corrected chi connectivity index (χ0v) is 17.1. The van der Waals surface area contributed by atoms with Crippen LogP contribution in [0.15, 0.2) is 36.4 Å². The summed E-state index contributed by atoms with van der Waals surface area (Å²) in [5, 5.41) is 0. The van der Waals surface area contributed by atoms with Crippen molar-refractivity contribution in [2.75, 3.05) is 0 Å². The number of benzene rings is 3. The van der Waals surface area contributed by atoms with Crippen LogP contribution in [0.1, 0.15) is 42.0 Å². The third-order valence-electron chi connectivity index (χ3n) is 5.86. The van der Waals surface area contributed by atoms with E-state index in [9.17, 15) is 26.3 Å². The van der Waals surface area contributed by atoms with E-state index in [0.29, 0.717) is 29.7 Å². The molecule has 0 heterocycles. The van der Waals surface area contributed by atoms with Crippen LogP contribution in [0, 0.1) is 23.3 Å². The van der Waals surface area contributed by atoms with Crippen molar-refractivity contribution in [1.29, 1.82) is 0 Å². The molecule has 0 aromatic heterocycles. The summed E-state index contributed by atoms with van der Waals surface area (Å²) in [6.45, 7) is 2.09. The Balaban J connectivity index is 1.82. The van der Waals surface area contributed by atoms with Crippen molar-refractivity contribution in [2.24, 2.45) is 0 Å². The lowest BCUT2D eigenvalue weighted by Crippen LogP contribution is -2.12. The lowest BCUT2D eigenvalue weighted by Gasteiger charge is -2.23. The minimum atomic E-state index is -5.26. The third-order valence-corrected chi connectivity index (χ3v) is 5.86. The van der Waals surface area contributed by atoms with E-state index in [4.69, 9.17) is 0 Å². The molecule has 0 fully saturated rings. The van der Waals surface area contributed by atoms with Crippen LogP contribution in [0.5, 0.6) is 0 Å². The molecule has 32 heavy (non-hydrogen) atoms. The Morgan fingerprint density at radius 2 is 1.50 bits per heavy atom. The largest absolute Gasteiger partial charge is 0.422 e. The maximum Gasteiger partial charge on any atom is 0.422 e. The van der Waals surface area contributed by atoms with Crippen LogP contribution in [-0.2, 0) is 25.4 Å². The average Bonchev–Trinajstić information content (AvgIpc) is 2.70. The second-order valence-electron chi connectivity index (χ2n) is 7.98. The van der Waals surface area contributed by atoms with E-state index in [1.807, 2.05) is 18.2 Å². The van der Waals surface area contributed by atoms with E-state index in [-0.39, 0.29) is 12.0 Å². The van der Waals surface area contributed by atoms with Gasteiger partial charge in [-0.1, -0.05) is 31.5 Å². The molecule has 0 bridgehead atoms. The first-order chi connectivity index (χ1) is 15.1. The number of hydrogen-bond donors (Lipinski definition) is 0. The molecule has 3 aromatic rings. The summed E-state index contributed by atoms with van der Waals surface area (Å²) in [5.74, 6) is -5.95. The fourth-order valence-corrected chi connectivity index (χ4v) is 4.31. The molecule has 0 amide bonds. The molecule has 3 aromatic carbocycles. The van der Waals surface area contributed by atoms with Gasteiger partial charge in [0.2, 0.25) is 0 Å². The summed E-state index contributed by atoms with van der Waals surface area (Å²) in [6.07, 6.45) is -1.54. The number of alkyl halides is 3. The van der Waals surface area contributed by atoms with Crippen LogP contribution in [0.25, 0.3) is 22.3 Å².